The van der Waals surface area contributed by atoms with Crippen molar-refractivity contribution in [3.8, 4) is 0 Å². The van der Waals surface area contributed by atoms with E-state index < -0.39 is 10.0 Å². The van der Waals surface area contributed by atoms with Crippen LogP contribution in [0.15, 0.2) is 0 Å². The quantitative estimate of drug-likeness (QED) is 0.844. The number of piperidine rings is 1. The number of hydrogen-bond acceptors (Lipinski definition) is 4. The minimum Gasteiger partial charge on any atom is -0.311 e. The Kier molecular flexibility index (Phi) is 5.34. The molecule has 21 heavy (non-hydrogen) atoms. The van der Waals surface area contributed by atoms with Gasteiger partial charge in [0.15, 0.2) is 0 Å². The number of nitrogens with zero attached hydrogens (tertiary/aromatic N) is 2. The summed E-state index contributed by atoms with van der Waals surface area (Å²) in [6.07, 6.45) is 4.61. The maximum Gasteiger partial charge on any atom is 0.211 e. The summed E-state index contributed by atoms with van der Waals surface area (Å²) in [5.74, 6) is 0.461. The summed E-state index contributed by atoms with van der Waals surface area (Å²) in [5, 5.41) is 3.61. The normalized spacial score (nSPS) is 32.2. The van der Waals surface area contributed by atoms with Crippen molar-refractivity contribution in [1.82, 2.24) is 14.5 Å². The zero-order chi connectivity index (χ0) is 15.7. The van der Waals surface area contributed by atoms with Crippen LogP contribution in [0, 0.1) is 5.92 Å². The van der Waals surface area contributed by atoms with Gasteiger partial charge in [0.25, 0.3) is 0 Å². The molecule has 5 nitrogen and oxygen atoms in total. The molecule has 0 amide bonds. The predicted molar refractivity (Wildman–Crippen MR) is 86.9 cm³/mol. The van der Waals surface area contributed by atoms with Crippen molar-refractivity contribution < 1.29 is 8.42 Å². The Balaban J connectivity index is 1.99. The molecule has 0 bridgehead atoms. The van der Waals surface area contributed by atoms with Gasteiger partial charge in [-0.1, -0.05) is 6.92 Å². The van der Waals surface area contributed by atoms with Gasteiger partial charge in [0.2, 0.25) is 10.0 Å². The Morgan fingerprint density at radius 1 is 1.29 bits per heavy atom. The first-order chi connectivity index (χ1) is 9.72. The summed E-state index contributed by atoms with van der Waals surface area (Å²) >= 11 is 0. The Labute approximate surface area is 130 Å². The van der Waals surface area contributed by atoms with Gasteiger partial charge in [0.05, 0.1) is 6.26 Å². The lowest BCUT2D eigenvalue weighted by Gasteiger charge is -2.48. The van der Waals surface area contributed by atoms with Crippen molar-refractivity contribution in [3.63, 3.8) is 0 Å². The topological polar surface area (TPSA) is 52.7 Å². The molecule has 0 aromatic heterocycles. The Morgan fingerprint density at radius 3 is 2.62 bits per heavy atom. The summed E-state index contributed by atoms with van der Waals surface area (Å²) in [6, 6.07) is 0.563. The fraction of sp³-hybridized carbons (Fsp3) is 1.00. The van der Waals surface area contributed by atoms with Gasteiger partial charge in [-0.25, -0.2) is 12.7 Å². The monoisotopic (exact) mass is 317 g/mol. The third kappa shape index (κ3) is 4.41. The molecule has 2 heterocycles. The van der Waals surface area contributed by atoms with E-state index in [1.54, 1.807) is 4.31 Å². The number of sulfonamides is 1. The molecule has 2 atom stereocenters. The van der Waals surface area contributed by atoms with Crippen LogP contribution in [-0.2, 0) is 10.0 Å². The van der Waals surface area contributed by atoms with E-state index in [2.05, 4.69) is 31.0 Å². The van der Waals surface area contributed by atoms with Crippen molar-refractivity contribution in [2.75, 3.05) is 39.0 Å². The van der Waals surface area contributed by atoms with Crippen LogP contribution in [0.5, 0.6) is 0 Å². The molecule has 0 saturated carbocycles. The smallest absolute Gasteiger partial charge is 0.211 e. The van der Waals surface area contributed by atoms with Crippen LogP contribution in [0.4, 0.5) is 0 Å². The first-order valence-corrected chi connectivity index (χ1v) is 10.0. The van der Waals surface area contributed by atoms with Crippen LogP contribution in [-0.4, -0.2) is 68.2 Å². The molecule has 124 valence electrons. The van der Waals surface area contributed by atoms with Gasteiger partial charge in [-0.05, 0) is 39.0 Å². The van der Waals surface area contributed by atoms with E-state index in [0.29, 0.717) is 25.0 Å². The van der Waals surface area contributed by atoms with E-state index in [-0.39, 0.29) is 5.54 Å². The molecule has 0 radical (unpaired) electrons. The first-order valence-electron chi connectivity index (χ1n) is 8.16. The lowest BCUT2D eigenvalue weighted by molar-refractivity contribution is 0.0409. The van der Waals surface area contributed by atoms with Crippen molar-refractivity contribution >= 4 is 10.0 Å². The van der Waals surface area contributed by atoms with Gasteiger partial charge in [-0.3, -0.25) is 4.90 Å². The van der Waals surface area contributed by atoms with Gasteiger partial charge >= 0.3 is 0 Å². The van der Waals surface area contributed by atoms with Crippen LogP contribution in [0.1, 0.15) is 40.0 Å². The van der Waals surface area contributed by atoms with Crippen molar-refractivity contribution in [1.29, 1.82) is 0 Å². The van der Waals surface area contributed by atoms with Gasteiger partial charge in [0, 0.05) is 44.3 Å². The zero-order valence-corrected chi connectivity index (χ0v) is 14.7. The fourth-order valence-corrected chi connectivity index (χ4v) is 4.41. The average molecular weight is 317 g/mol. The van der Waals surface area contributed by atoms with Crippen molar-refractivity contribution in [3.05, 3.63) is 0 Å². The average Bonchev–Trinajstić information content (AvgIpc) is 2.40. The highest BCUT2D eigenvalue weighted by atomic mass is 32.2. The summed E-state index contributed by atoms with van der Waals surface area (Å²) in [4.78, 5) is 2.56. The number of piperazine rings is 1. The molecule has 2 aliphatic rings. The van der Waals surface area contributed by atoms with Crippen molar-refractivity contribution in [2.24, 2.45) is 5.92 Å². The third-order valence-electron chi connectivity index (χ3n) is 5.04. The lowest BCUT2D eigenvalue weighted by atomic mass is 9.92. The van der Waals surface area contributed by atoms with E-state index >= 15 is 0 Å². The predicted octanol–water partition coefficient (Wildman–Crippen LogP) is 1.12. The van der Waals surface area contributed by atoms with Crippen LogP contribution < -0.4 is 5.32 Å². The Morgan fingerprint density at radius 2 is 2.00 bits per heavy atom. The zero-order valence-electron chi connectivity index (χ0n) is 13.9. The summed E-state index contributed by atoms with van der Waals surface area (Å²) < 4.78 is 25.2. The minimum atomic E-state index is -3.04. The largest absolute Gasteiger partial charge is 0.311 e. The maximum atomic E-state index is 11.8. The van der Waals surface area contributed by atoms with E-state index in [4.69, 9.17) is 0 Å². The fourth-order valence-electron chi connectivity index (χ4n) is 3.47. The Hall–Kier alpha value is -0.170. The Bertz CT molecular complexity index is 450. The molecule has 0 aromatic carbocycles. The van der Waals surface area contributed by atoms with Crippen LogP contribution >= 0.6 is 0 Å². The molecular formula is C15H31N3O2S. The highest BCUT2D eigenvalue weighted by Crippen LogP contribution is 2.25. The first kappa shape index (κ1) is 17.2. The van der Waals surface area contributed by atoms with Gasteiger partial charge in [-0.15, -0.1) is 0 Å². The highest BCUT2D eigenvalue weighted by Gasteiger charge is 2.36. The third-order valence-corrected chi connectivity index (χ3v) is 6.31. The standard InChI is InChI=1S/C15H31N3O2S/c1-5-14-11-17(15(2,3)12-16-14)9-13-7-6-8-18(10-13)21(4,19)20/h13-14,16H,5-12H2,1-4H3. The molecule has 0 spiro atoms. The maximum absolute atomic E-state index is 11.8. The lowest BCUT2D eigenvalue weighted by Crippen LogP contribution is -2.63. The molecule has 6 heteroatoms. The molecule has 2 unspecified atom stereocenters. The second-order valence-corrected chi connectivity index (χ2v) is 9.32. The van der Waals surface area contributed by atoms with E-state index in [1.807, 2.05) is 0 Å². The molecule has 2 saturated heterocycles. The summed E-state index contributed by atoms with van der Waals surface area (Å²) in [7, 11) is -3.04. The number of rotatable bonds is 4. The second-order valence-electron chi connectivity index (χ2n) is 7.33. The molecule has 0 aliphatic carbocycles. The van der Waals surface area contributed by atoms with E-state index in [0.717, 1.165) is 38.9 Å². The van der Waals surface area contributed by atoms with Crippen LogP contribution in [0.3, 0.4) is 0 Å². The molecule has 2 rings (SSSR count). The van der Waals surface area contributed by atoms with E-state index in [1.165, 1.54) is 6.26 Å². The van der Waals surface area contributed by atoms with Gasteiger partial charge in [0.1, 0.15) is 0 Å². The minimum absolute atomic E-state index is 0.152. The van der Waals surface area contributed by atoms with Crippen LogP contribution in [0.2, 0.25) is 0 Å². The molecule has 0 aromatic rings. The molecule has 2 fully saturated rings. The van der Waals surface area contributed by atoms with Crippen molar-refractivity contribution in [2.45, 2.75) is 51.6 Å². The second kappa shape index (κ2) is 6.52. The van der Waals surface area contributed by atoms with Gasteiger partial charge in [-0.2, -0.15) is 0 Å². The van der Waals surface area contributed by atoms with E-state index in [9.17, 15) is 8.42 Å². The highest BCUT2D eigenvalue weighted by molar-refractivity contribution is 7.88. The SMILES string of the molecule is CCC1CN(CC2CCCN(S(C)(=O)=O)C2)C(C)(C)CN1. The molecular weight excluding hydrogens is 286 g/mol. The molecule has 1 N–H and O–H groups in total. The number of hydrogen-bond donors (Lipinski definition) is 1. The summed E-state index contributed by atoms with van der Waals surface area (Å²) in [5.41, 5.74) is 0.152. The molecule has 2 aliphatic heterocycles. The summed E-state index contributed by atoms with van der Waals surface area (Å²) in [6.45, 7) is 11.3. The van der Waals surface area contributed by atoms with Gasteiger partial charge < -0.3 is 5.32 Å². The number of nitrogens with one attached hydrogen (secondary N) is 1. The van der Waals surface area contributed by atoms with Crippen LogP contribution in [0.25, 0.3) is 0 Å².